The molecule has 0 saturated carbocycles. The zero-order valence-corrected chi connectivity index (χ0v) is 14.7. The quantitative estimate of drug-likeness (QED) is 0.402. The Morgan fingerprint density at radius 2 is 1.75 bits per heavy atom. The standard InChI is InChI=1S/C19H15N5O4/c1-10-4-2-3-5-15(10)24-17(26)12(16(25)23-19(24)28)9-20-11-6-7-13-14(8-11)22-18(27)21-13/h2-9,26H,1H3,(H2,21,22,27)(H,23,25,28). The molecule has 0 saturated heterocycles. The smallest absolute Gasteiger partial charge is 0.335 e. The number of rotatable bonds is 3. The molecule has 0 aliphatic heterocycles. The third-order valence-electron chi connectivity index (χ3n) is 4.32. The van der Waals surface area contributed by atoms with E-state index >= 15 is 0 Å². The van der Waals surface area contributed by atoms with Crippen molar-refractivity contribution in [2.24, 2.45) is 4.99 Å². The van der Waals surface area contributed by atoms with Crippen LogP contribution in [0.2, 0.25) is 0 Å². The minimum absolute atomic E-state index is 0.162. The molecule has 2 heterocycles. The average Bonchev–Trinajstić information content (AvgIpc) is 3.02. The van der Waals surface area contributed by atoms with Crippen molar-refractivity contribution < 1.29 is 5.11 Å². The van der Waals surface area contributed by atoms with Crippen LogP contribution < -0.4 is 16.9 Å². The summed E-state index contributed by atoms with van der Waals surface area (Å²) in [6.45, 7) is 1.78. The Hall–Kier alpha value is -4.14. The maximum absolute atomic E-state index is 12.3. The number of fused-ring (bicyclic) bond motifs is 1. The number of nitrogens with zero attached hydrogens (tertiary/aromatic N) is 2. The van der Waals surface area contributed by atoms with Gasteiger partial charge in [-0.25, -0.2) is 14.2 Å². The summed E-state index contributed by atoms with van der Waals surface area (Å²) in [6, 6.07) is 11.9. The fraction of sp³-hybridized carbons (Fsp3) is 0.0526. The van der Waals surface area contributed by atoms with Gasteiger partial charge in [-0.2, -0.15) is 0 Å². The van der Waals surface area contributed by atoms with Gasteiger partial charge in [0.15, 0.2) is 0 Å². The van der Waals surface area contributed by atoms with Crippen molar-refractivity contribution in [3.05, 3.63) is 84.9 Å². The van der Waals surface area contributed by atoms with Gasteiger partial charge >= 0.3 is 11.4 Å². The van der Waals surface area contributed by atoms with Crippen molar-refractivity contribution in [3.8, 4) is 11.6 Å². The number of benzene rings is 2. The van der Waals surface area contributed by atoms with Crippen LogP contribution in [0.3, 0.4) is 0 Å². The van der Waals surface area contributed by atoms with E-state index in [-0.39, 0.29) is 11.3 Å². The first-order valence-electron chi connectivity index (χ1n) is 8.34. The molecule has 4 N–H and O–H groups in total. The summed E-state index contributed by atoms with van der Waals surface area (Å²) in [4.78, 5) is 47.4. The van der Waals surface area contributed by atoms with Crippen molar-refractivity contribution in [3.63, 3.8) is 0 Å². The van der Waals surface area contributed by atoms with Crippen LogP contribution in [0, 0.1) is 6.92 Å². The van der Waals surface area contributed by atoms with Gasteiger partial charge in [-0.1, -0.05) is 18.2 Å². The Bertz CT molecular complexity index is 1400. The molecule has 0 bridgehead atoms. The summed E-state index contributed by atoms with van der Waals surface area (Å²) in [5.74, 6) is -0.511. The Labute approximate surface area is 156 Å². The lowest BCUT2D eigenvalue weighted by atomic mass is 10.2. The van der Waals surface area contributed by atoms with E-state index in [4.69, 9.17) is 0 Å². The number of aryl methyl sites for hydroxylation is 1. The Balaban J connectivity index is 1.83. The van der Waals surface area contributed by atoms with Crippen molar-refractivity contribution in [2.75, 3.05) is 0 Å². The van der Waals surface area contributed by atoms with Crippen LogP contribution in [0.5, 0.6) is 5.88 Å². The molecule has 0 amide bonds. The summed E-state index contributed by atoms with van der Waals surface area (Å²) < 4.78 is 1.02. The first-order valence-corrected chi connectivity index (χ1v) is 8.34. The second kappa shape index (κ2) is 6.54. The molecule has 9 nitrogen and oxygen atoms in total. The molecule has 0 spiro atoms. The molecule has 2 aromatic heterocycles. The second-order valence-corrected chi connectivity index (χ2v) is 6.19. The van der Waals surface area contributed by atoms with Crippen LogP contribution >= 0.6 is 0 Å². The fourth-order valence-corrected chi connectivity index (χ4v) is 2.93. The van der Waals surface area contributed by atoms with Gasteiger partial charge in [-0.15, -0.1) is 0 Å². The van der Waals surface area contributed by atoms with Gasteiger partial charge in [0.2, 0.25) is 5.88 Å². The molecule has 4 rings (SSSR count). The highest BCUT2D eigenvalue weighted by Crippen LogP contribution is 2.20. The van der Waals surface area contributed by atoms with Crippen LogP contribution in [0.1, 0.15) is 11.1 Å². The molecular formula is C19H15N5O4. The molecule has 2 aromatic carbocycles. The number of aromatic amines is 3. The van der Waals surface area contributed by atoms with E-state index in [1.807, 2.05) is 0 Å². The normalized spacial score (nSPS) is 11.5. The molecule has 28 heavy (non-hydrogen) atoms. The van der Waals surface area contributed by atoms with Crippen LogP contribution in [0.25, 0.3) is 16.7 Å². The number of aliphatic imine (C=N–C) groups is 1. The number of imidazole rings is 1. The number of hydrogen-bond acceptors (Lipinski definition) is 5. The van der Waals surface area contributed by atoms with Crippen LogP contribution in [-0.2, 0) is 0 Å². The van der Waals surface area contributed by atoms with E-state index in [2.05, 4.69) is 19.9 Å². The number of H-pyrrole nitrogens is 3. The molecule has 0 atom stereocenters. The number of hydrogen-bond donors (Lipinski definition) is 4. The van der Waals surface area contributed by atoms with E-state index in [0.717, 1.165) is 10.1 Å². The van der Waals surface area contributed by atoms with Crippen molar-refractivity contribution in [1.82, 2.24) is 19.5 Å². The summed E-state index contributed by atoms with van der Waals surface area (Å²) in [5.41, 5.74) is 0.822. The monoisotopic (exact) mass is 377 g/mol. The second-order valence-electron chi connectivity index (χ2n) is 6.19. The maximum Gasteiger partial charge on any atom is 0.335 e. The molecule has 4 aromatic rings. The van der Waals surface area contributed by atoms with Crippen LogP contribution in [0.15, 0.2) is 61.8 Å². The molecule has 140 valence electrons. The topological polar surface area (TPSA) is 136 Å². The van der Waals surface area contributed by atoms with E-state index in [1.165, 1.54) is 6.21 Å². The lowest BCUT2D eigenvalue weighted by molar-refractivity contribution is 0.430. The van der Waals surface area contributed by atoms with Gasteiger partial charge in [0, 0.05) is 6.21 Å². The van der Waals surface area contributed by atoms with E-state index < -0.39 is 17.1 Å². The lowest BCUT2D eigenvalue weighted by Crippen LogP contribution is -2.31. The van der Waals surface area contributed by atoms with Crippen molar-refractivity contribution >= 4 is 22.9 Å². The zero-order chi connectivity index (χ0) is 19.8. The molecule has 0 fully saturated rings. The summed E-state index contributed by atoms with van der Waals surface area (Å²) in [5, 5.41) is 10.6. The Kier molecular flexibility index (Phi) is 4.04. The highest BCUT2D eigenvalue weighted by atomic mass is 16.3. The molecule has 0 unspecified atom stereocenters. The molecular weight excluding hydrogens is 362 g/mol. The van der Waals surface area contributed by atoms with E-state index in [1.54, 1.807) is 49.4 Å². The number of nitrogens with one attached hydrogen (secondary N) is 3. The van der Waals surface area contributed by atoms with Gasteiger partial charge in [-0.05, 0) is 36.8 Å². The zero-order valence-electron chi connectivity index (χ0n) is 14.7. The molecule has 0 aliphatic rings. The Morgan fingerprint density at radius 3 is 2.54 bits per heavy atom. The summed E-state index contributed by atoms with van der Waals surface area (Å²) in [7, 11) is 0. The first kappa shape index (κ1) is 17.3. The largest absolute Gasteiger partial charge is 0.493 e. The fourth-order valence-electron chi connectivity index (χ4n) is 2.93. The highest BCUT2D eigenvalue weighted by Gasteiger charge is 2.15. The Morgan fingerprint density at radius 1 is 1.00 bits per heavy atom. The van der Waals surface area contributed by atoms with E-state index in [0.29, 0.717) is 22.4 Å². The number of para-hydroxylation sites is 1. The minimum atomic E-state index is -0.757. The number of aromatic hydroxyl groups is 1. The highest BCUT2D eigenvalue weighted by molar-refractivity contribution is 5.86. The summed E-state index contributed by atoms with van der Waals surface area (Å²) >= 11 is 0. The third kappa shape index (κ3) is 2.94. The first-order chi connectivity index (χ1) is 13.4. The van der Waals surface area contributed by atoms with Gasteiger partial charge < -0.3 is 15.1 Å². The van der Waals surface area contributed by atoms with Crippen molar-refractivity contribution in [2.45, 2.75) is 6.92 Å². The molecule has 0 aliphatic carbocycles. The number of aromatic nitrogens is 4. The summed E-state index contributed by atoms with van der Waals surface area (Å²) in [6.07, 6.45) is 1.17. The van der Waals surface area contributed by atoms with Gasteiger partial charge in [0.25, 0.3) is 5.56 Å². The third-order valence-corrected chi connectivity index (χ3v) is 4.32. The van der Waals surface area contributed by atoms with Gasteiger partial charge in [0.1, 0.15) is 5.56 Å². The SMILES string of the molecule is Cc1ccccc1-n1c(O)c(C=Nc2ccc3[nH]c(=O)[nH]c3c2)c(=O)[nH]c1=O. The predicted octanol–water partition coefficient (Wildman–Crippen LogP) is 1.46. The van der Waals surface area contributed by atoms with Crippen LogP contribution in [-0.4, -0.2) is 30.8 Å². The van der Waals surface area contributed by atoms with Crippen molar-refractivity contribution in [1.29, 1.82) is 0 Å². The predicted molar refractivity (Wildman–Crippen MR) is 105 cm³/mol. The van der Waals surface area contributed by atoms with Crippen LogP contribution in [0.4, 0.5) is 5.69 Å². The molecule has 0 radical (unpaired) electrons. The van der Waals surface area contributed by atoms with E-state index in [9.17, 15) is 19.5 Å². The van der Waals surface area contributed by atoms with Gasteiger partial charge in [-0.3, -0.25) is 14.8 Å². The maximum atomic E-state index is 12.3. The average molecular weight is 377 g/mol. The molecule has 9 heteroatoms. The minimum Gasteiger partial charge on any atom is -0.493 e. The lowest BCUT2D eigenvalue weighted by Gasteiger charge is -2.11. The van der Waals surface area contributed by atoms with Gasteiger partial charge in [0.05, 0.1) is 22.4 Å².